The molecule has 29 heavy (non-hydrogen) atoms. The van der Waals surface area contributed by atoms with Gasteiger partial charge in [0, 0.05) is 23.9 Å². The van der Waals surface area contributed by atoms with Gasteiger partial charge in [-0.1, -0.05) is 0 Å². The van der Waals surface area contributed by atoms with Crippen LogP contribution in [-0.4, -0.2) is 38.2 Å². The van der Waals surface area contributed by atoms with Gasteiger partial charge in [-0.25, -0.2) is 19.3 Å². The van der Waals surface area contributed by atoms with Crippen molar-refractivity contribution in [3.05, 3.63) is 60.2 Å². The molecule has 10 heteroatoms. The number of nitrogens with two attached hydrogens (primary N) is 2. The number of benzene rings is 1. The van der Waals surface area contributed by atoms with E-state index in [9.17, 15) is 14.3 Å². The van der Waals surface area contributed by atoms with Gasteiger partial charge in [-0.3, -0.25) is 4.79 Å². The Labute approximate surface area is 165 Å². The molecule has 9 nitrogen and oxygen atoms in total. The normalized spacial score (nSPS) is 12.8. The fraction of sp³-hybridized carbons (Fsp3) is 0.158. The highest BCUT2D eigenvalue weighted by Crippen LogP contribution is 2.25. The number of nitrogens with zero attached hydrogens (tertiary/aromatic N) is 3. The summed E-state index contributed by atoms with van der Waals surface area (Å²) in [5, 5.41) is 12.4. The van der Waals surface area contributed by atoms with E-state index >= 15 is 0 Å². The highest BCUT2D eigenvalue weighted by molar-refractivity contribution is 5.92. The maximum atomic E-state index is 13.0. The van der Waals surface area contributed by atoms with E-state index in [1.54, 1.807) is 19.1 Å². The van der Waals surface area contributed by atoms with Crippen molar-refractivity contribution >= 4 is 11.7 Å². The van der Waals surface area contributed by atoms with Crippen LogP contribution in [0.5, 0.6) is 11.6 Å². The molecule has 0 spiro atoms. The van der Waals surface area contributed by atoms with E-state index in [2.05, 4.69) is 20.3 Å². The minimum atomic E-state index is -1.14. The van der Waals surface area contributed by atoms with E-state index < -0.39 is 18.2 Å². The summed E-state index contributed by atoms with van der Waals surface area (Å²) >= 11 is 0. The standard InChI is InChI=1S/C19H19FN6O3/c1-10(17(21)27)24-15-9-14(18(22)28)25-19(26-15)11-6-7-23-16(8-11)29-13-4-2-12(20)3-5-13/h2-10,17,27H,21H2,1H3,(H2,22,28)(H,24,25,26)/t10-,17?/m0/s1. The number of aliphatic hydroxyl groups is 1. The lowest BCUT2D eigenvalue weighted by Crippen LogP contribution is -2.38. The first-order chi connectivity index (χ1) is 13.8. The Balaban J connectivity index is 1.93. The van der Waals surface area contributed by atoms with Crippen LogP contribution in [-0.2, 0) is 0 Å². The molecule has 0 aliphatic heterocycles. The Morgan fingerprint density at radius 1 is 1.21 bits per heavy atom. The fourth-order valence-electron chi connectivity index (χ4n) is 2.32. The predicted molar refractivity (Wildman–Crippen MR) is 104 cm³/mol. The molecular weight excluding hydrogens is 379 g/mol. The lowest BCUT2D eigenvalue weighted by atomic mass is 10.2. The number of aromatic nitrogens is 3. The van der Waals surface area contributed by atoms with Crippen molar-refractivity contribution < 1.29 is 19.0 Å². The van der Waals surface area contributed by atoms with Crippen molar-refractivity contribution in [1.29, 1.82) is 0 Å². The summed E-state index contributed by atoms with van der Waals surface area (Å²) in [5.74, 6) is -0.0482. The third-order valence-corrected chi connectivity index (χ3v) is 3.90. The highest BCUT2D eigenvalue weighted by Gasteiger charge is 2.15. The average Bonchev–Trinajstić information content (AvgIpc) is 2.69. The van der Waals surface area contributed by atoms with Crippen molar-refractivity contribution in [2.24, 2.45) is 11.5 Å². The second-order valence-electron chi connectivity index (χ2n) is 6.19. The second-order valence-corrected chi connectivity index (χ2v) is 6.19. The molecular formula is C19H19FN6O3. The Kier molecular flexibility index (Phi) is 5.96. The Morgan fingerprint density at radius 2 is 1.93 bits per heavy atom. The van der Waals surface area contributed by atoms with Crippen LogP contribution in [0, 0.1) is 5.82 Å². The van der Waals surface area contributed by atoms with Gasteiger partial charge in [-0.05, 0) is 37.3 Å². The zero-order chi connectivity index (χ0) is 21.0. The van der Waals surface area contributed by atoms with Gasteiger partial charge in [0.15, 0.2) is 5.82 Å². The summed E-state index contributed by atoms with van der Waals surface area (Å²) in [7, 11) is 0. The third-order valence-electron chi connectivity index (χ3n) is 3.90. The molecule has 2 aromatic heterocycles. The Bertz CT molecular complexity index is 1010. The quantitative estimate of drug-likeness (QED) is 0.439. The molecule has 0 aliphatic carbocycles. The van der Waals surface area contributed by atoms with Gasteiger partial charge in [0.25, 0.3) is 5.91 Å². The van der Waals surface area contributed by atoms with Crippen LogP contribution >= 0.6 is 0 Å². The summed E-state index contributed by atoms with van der Waals surface area (Å²) < 4.78 is 18.6. The van der Waals surface area contributed by atoms with Gasteiger partial charge in [-0.15, -0.1) is 0 Å². The molecule has 3 aromatic rings. The number of primary amides is 1. The van der Waals surface area contributed by atoms with E-state index in [1.807, 2.05) is 0 Å². The molecule has 2 heterocycles. The Morgan fingerprint density at radius 3 is 2.59 bits per heavy atom. The first-order valence-electron chi connectivity index (χ1n) is 8.61. The van der Waals surface area contributed by atoms with E-state index in [-0.39, 0.29) is 29.0 Å². The van der Waals surface area contributed by atoms with Gasteiger partial charge in [-0.2, -0.15) is 0 Å². The van der Waals surface area contributed by atoms with Crippen molar-refractivity contribution in [3.8, 4) is 23.0 Å². The molecule has 0 aliphatic rings. The molecule has 150 valence electrons. The fourth-order valence-corrected chi connectivity index (χ4v) is 2.32. The number of amides is 1. The number of aliphatic hydroxyl groups excluding tert-OH is 1. The van der Waals surface area contributed by atoms with Gasteiger partial charge in [0.05, 0.1) is 6.04 Å². The number of anilines is 1. The molecule has 1 aromatic carbocycles. The zero-order valence-corrected chi connectivity index (χ0v) is 15.4. The van der Waals surface area contributed by atoms with E-state index in [1.165, 1.54) is 36.5 Å². The van der Waals surface area contributed by atoms with E-state index in [4.69, 9.17) is 16.2 Å². The predicted octanol–water partition coefficient (Wildman–Crippen LogP) is 1.65. The smallest absolute Gasteiger partial charge is 0.267 e. The summed E-state index contributed by atoms with van der Waals surface area (Å²) in [5.41, 5.74) is 11.3. The monoisotopic (exact) mass is 398 g/mol. The first-order valence-corrected chi connectivity index (χ1v) is 8.61. The summed E-state index contributed by atoms with van der Waals surface area (Å²) in [4.78, 5) is 24.3. The molecule has 0 saturated carbocycles. The number of pyridine rings is 1. The number of hydrogen-bond acceptors (Lipinski definition) is 8. The van der Waals surface area contributed by atoms with Crippen LogP contribution < -0.4 is 21.5 Å². The minimum Gasteiger partial charge on any atom is -0.439 e. The van der Waals surface area contributed by atoms with Crippen molar-refractivity contribution in [3.63, 3.8) is 0 Å². The van der Waals surface area contributed by atoms with Crippen molar-refractivity contribution in [2.75, 3.05) is 5.32 Å². The molecule has 1 amide bonds. The highest BCUT2D eigenvalue weighted by atomic mass is 19.1. The van der Waals surface area contributed by atoms with Crippen LogP contribution in [0.15, 0.2) is 48.7 Å². The first kappa shape index (κ1) is 20.1. The summed E-state index contributed by atoms with van der Waals surface area (Å²) in [6.45, 7) is 1.65. The van der Waals surface area contributed by atoms with Crippen LogP contribution in [0.1, 0.15) is 17.4 Å². The second kappa shape index (κ2) is 8.59. The average molecular weight is 398 g/mol. The topological polar surface area (TPSA) is 149 Å². The molecule has 2 atom stereocenters. The van der Waals surface area contributed by atoms with Gasteiger partial charge in [0.1, 0.15) is 29.3 Å². The third kappa shape index (κ3) is 5.21. The number of nitrogens with one attached hydrogen (secondary N) is 1. The molecule has 0 fully saturated rings. The molecule has 3 rings (SSSR count). The lowest BCUT2D eigenvalue weighted by molar-refractivity contribution is 0.0995. The number of carbonyl (C=O) groups excluding carboxylic acids is 1. The van der Waals surface area contributed by atoms with Crippen LogP contribution in [0.3, 0.4) is 0 Å². The maximum absolute atomic E-state index is 13.0. The number of rotatable bonds is 7. The summed E-state index contributed by atoms with van der Waals surface area (Å²) in [6.07, 6.45) is 0.343. The zero-order valence-electron chi connectivity index (χ0n) is 15.4. The number of hydrogen-bond donors (Lipinski definition) is 4. The largest absolute Gasteiger partial charge is 0.439 e. The minimum absolute atomic E-state index is 0.0194. The number of ether oxygens (including phenoxy) is 1. The van der Waals surface area contributed by atoms with Gasteiger partial charge >= 0.3 is 0 Å². The maximum Gasteiger partial charge on any atom is 0.267 e. The lowest BCUT2D eigenvalue weighted by Gasteiger charge is -2.17. The van der Waals surface area contributed by atoms with E-state index in [0.717, 1.165) is 0 Å². The molecule has 0 radical (unpaired) electrons. The number of halogens is 1. The van der Waals surface area contributed by atoms with Gasteiger partial charge in [0.2, 0.25) is 5.88 Å². The van der Waals surface area contributed by atoms with E-state index in [0.29, 0.717) is 11.3 Å². The molecule has 0 bridgehead atoms. The van der Waals surface area contributed by atoms with Crippen LogP contribution in [0.25, 0.3) is 11.4 Å². The SMILES string of the molecule is C[C@H](Nc1cc(C(N)=O)nc(-c2ccnc(Oc3ccc(F)cc3)c2)n1)C(N)O. The molecule has 1 unspecified atom stereocenters. The summed E-state index contributed by atoms with van der Waals surface area (Å²) in [6, 6.07) is 9.49. The van der Waals surface area contributed by atoms with Crippen LogP contribution in [0.2, 0.25) is 0 Å². The number of carbonyl (C=O) groups is 1. The molecule has 6 N–H and O–H groups in total. The van der Waals surface area contributed by atoms with Gasteiger partial charge < -0.3 is 26.6 Å². The van der Waals surface area contributed by atoms with Crippen molar-refractivity contribution in [2.45, 2.75) is 19.2 Å². The Hall–Kier alpha value is -3.63. The van der Waals surface area contributed by atoms with Crippen molar-refractivity contribution in [1.82, 2.24) is 15.0 Å². The molecule has 0 saturated heterocycles. The van der Waals surface area contributed by atoms with Crippen LogP contribution in [0.4, 0.5) is 10.2 Å².